The molecule has 1 amide bonds. The number of hydrogen-bond donors (Lipinski definition) is 1. The van der Waals surface area contributed by atoms with Crippen molar-refractivity contribution in [3.8, 4) is 0 Å². The van der Waals surface area contributed by atoms with E-state index < -0.39 is 5.82 Å². The largest absolute Gasteiger partial charge is 0.368 e. The minimum atomic E-state index is -0.413. The van der Waals surface area contributed by atoms with E-state index in [9.17, 15) is 9.18 Å². The van der Waals surface area contributed by atoms with Crippen molar-refractivity contribution < 1.29 is 9.18 Å². The van der Waals surface area contributed by atoms with E-state index in [2.05, 4.69) is 9.97 Å². The van der Waals surface area contributed by atoms with E-state index in [0.717, 1.165) is 11.3 Å². The molecule has 0 atom stereocenters. The number of nitrogen functional groups attached to an aromatic ring is 1. The molecule has 1 aromatic carbocycles. The molecule has 6 heteroatoms. The Morgan fingerprint density at radius 2 is 2.25 bits per heavy atom. The second kappa shape index (κ2) is 4.88. The van der Waals surface area contributed by atoms with E-state index in [1.165, 1.54) is 18.2 Å². The van der Waals surface area contributed by atoms with E-state index in [1.807, 2.05) is 0 Å². The van der Waals surface area contributed by atoms with Crippen molar-refractivity contribution in [2.45, 2.75) is 13.0 Å². The lowest BCUT2D eigenvalue weighted by molar-refractivity contribution is 0.0733. The molecule has 0 unspecified atom stereocenters. The third kappa shape index (κ3) is 2.32. The Kier molecular flexibility index (Phi) is 3.06. The first-order chi connectivity index (χ1) is 9.63. The number of hydrogen-bond acceptors (Lipinski definition) is 4. The minimum absolute atomic E-state index is 0.188. The molecule has 1 aliphatic heterocycles. The van der Waals surface area contributed by atoms with Crippen LogP contribution in [0.2, 0.25) is 0 Å². The van der Waals surface area contributed by atoms with E-state index in [0.29, 0.717) is 25.1 Å². The average Bonchev–Trinajstić information content (AvgIpc) is 2.46. The van der Waals surface area contributed by atoms with Crippen LogP contribution in [0.5, 0.6) is 0 Å². The number of fused-ring (bicyclic) bond motifs is 1. The standard InChI is InChI=1S/C14H13FN4O/c15-11-3-1-2-9(6-11)13(20)19-5-4-12-10(8-19)7-17-14(16)18-12/h1-3,6-7H,4-5,8H2,(H2,16,17,18). The number of nitrogens with zero attached hydrogens (tertiary/aromatic N) is 3. The molecule has 0 saturated carbocycles. The summed E-state index contributed by atoms with van der Waals surface area (Å²) < 4.78 is 13.2. The van der Waals surface area contributed by atoms with Crippen LogP contribution in [0.4, 0.5) is 10.3 Å². The maximum Gasteiger partial charge on any atom is 0.254 e. The number of carbonyl (C=O) groups excluding carboxylic acids is 1. The number of amides is 1. The van der Waals surface area contributed by atoms with Crippen molar-refractivity contribution in [3.63, 3.8) is 0 Å². The molecular weight excluding hydrogens is 259 g/mol. The predicted molar refractivity (Wildman–Crippen MR) is 71.3 cm³/mol. The van der Waals surface area contributed by atoms with Gasteiger partial charge in [0.2, 0.25) is 5.95 Å². The fourth-order valence-electron chi connectivity index (χ4n) is 2.31. The van der Waals surface area contributed by atoms with Gasteiger partial charge < -0.3 is 10.6 Å². The van der Waals surface area contributed by atoms with Gasteiger partial charge in [-0.15, -0.1) is 0 Å². The van der Waals surface area contributed by atoms with E-state index >= 15 is 0 Å². The molecule has 2 heterocycles. The monoisotopic (exact) mass is 272 g/mol. The first-order valence-electron chi connectivity index (χ1n) is 6.28. The summed E-state index contributed by atoms with van der Waals surface area (Å²) in [6.45, 7) is 0.962. The first kappa shape index (κ1) is 12.5. The van der Waals surface area contributed by atoms with Gasteiger partial charge in [0.1, 0.15) is 5.82 Å². The van der Waals surface area contributed by atoms with Crippen molar-refractivity contribution in [2.24, 2.45) is 0 Å². The van der Waals surface area contributed by atoms with E-state index in [1.54, 1.807) is 17.2 Å². The van der Waals surface area contributed by atoms with Crippen LogP contribution in [-0.2, 0) is 13.0 Å². The van der Waals surface area contributed by atoms with Gasteiger partial charge in [-0.2, -0.15) is 0 Å². The summed E-state index contributed by atoms with van der Waals surface area (Å²) in [5.74, 6) is -0.356. The summed E-state index contributed by atoms with van der Waals surface area (Å²) in [6.07, 6.45) is 2.27. The normalized spacial score (nSPS) is 13.9. The van der Waals surface area contributed by atoms with Gasteiger partial charge in [0.15, 0.2) is 0 Å². The molecule has 1 aromatic heterocycles. The van der Waals surface area contributed by atoms with Crippen LogP contribution in [0.1, 0.15) is 21.6 Å². The highest BCUT2D eigenvalue weighted by atomic mass is 19.1. The Hall–Kier alpha value is -2.50. The summed E-state index contributed by atoms with van der Waals surface area (Å²) in [5.41, 5.74) is 7.65. The van der Waals surface area contributed by atoms with Gasteiger partial charge >= 0.3 is 0 Å². The number of anilines is 1. The highest BCUT2D eigenvalue weighted by Crippen LogP contribution is 2.19. The van der Waals surface area contributed by atoms with Gasteiger partial charge in [-0.3, -0.25) is 4.79 Å². The zero-order valence-corrected chi connectivity index (χ0v) is 10.7. The highest BCUT2D eigenvalue weighted by molar-refractivity contribution is 5.94. The summed E-state index contributed by atoms with van der Waals surface area (Å²) in [4.78, 5) is 22.1. The van der Waals surface area contributed by atoms with Crippen molar-refractivity contribution >= 4 is 11.9 Å². The number of nitrogens with two attached hydrogens (primary N) is 1. The Balaban J connectivity index is 1.83. The van der Waals surface area contributed by atoms with Crippen molar-refractivity contribution in [2.75, 3.05) is 12.3 Å². The third-order valence-electron chi connectivity index (χ3n) is 3.31. The van der Waals surface area contributed by atoms with Gasteiger partial charge in [0.05, 0.1) is 5.69 Å². The van der Waals surface area contributed by atoms with E-state index in [4.69, 9.17) is 5.73 Å². The molecule has 3 rings (SSSR count). The minimum Gasteiger partial charge on any atom is -0.368 e. The molecule has 0 bridgehead atoms. The average molecular weight is 272 g/mol. The molecular formula is C14H13FN4O. The summed E-state index contributed by atoms with van der Waals surface area (Å²) >= 11 is 0. The molecule has 0 spiro atoms. The number of benzene rings is 1. The molecule has 2 aromatic rings. The molecule has 102 valence electrons. The van der Waals surface area contributed by atoms with Crippen LogP contribution >= 0.6 is 0 Å². The lowest BCUT2D eigenvalue weighted by atomic mass is 10.1. The van der Waals surface area contributed by atoms with Gasteiger partial charge in [0.25, 0.3) is 5.91 Å². The molecule has 0 saturated heterocycles. The van der Waals surface area contributed by atoms with Crippen molar-refractivity contribution in [3.05, 3.63) is 53.1 Å². The zero-order chi connectivity index (χ0) is 14.1. The lowest BCUT2D eigenvalue weighted by Crippen LogP contribution is -2.36. The second-order valence-electron chi connectivity index (χ2n) is 4.69. The molecule has 20 heavy (non-hydrogen) atoms. The molecule has 5 nitrogen and oxygen atoms in total. The van der Waals surface area contributed by atoms with Crippen LogP contribution in [0.15, 0.2) is 30.5 Å². The second-order valence-corrected chi connectivity index (χ2v) is 4.69. The van der Waals surface area contributed by atoms with Crippen LogP contribution in [0.25, 0.3) is 0 Å². The summed E-state index contributed by atoms with van der Waals surface area (Å²) in [5, 5.41) is 0. The molecule has 1 aliphatic rings. The molecule has 0 fully saturated rings. The smallest absolute Gasteiger partial charge is 0.254 e. The van der Waals surface area contributed by atoms with Crippen LogP contribution in [0, 0.1) is 5.82 Å². The number of aromatic nitrogens is 2. The van der Waals surface area contributed by atoms with Crippen molar-refractivity contribution in [1.29, 1.82) is 0 Å². The summed E-state index contributed by atoms with van der Waals surface area (Å²) in [7, 11) is 0. The fraction of sp³-hybridized carbons (Fsp3) is 0.214. The Morgan fingerprint density at radius 3 is 3.05 bits per heavy atom. The van der Waals surface area contributed by atoms with Crippen LogP contribution in [0.3, 0.4) is 0 Å². The highest BCUT2D eigenvalue weighted by Gasteiger charge is 2.23. The predicted octanol–water partition coefficient (Wildman–Crippen LogP) is 1.40. The number of carbonyl (C=O) groups is 1. The van der Waals surface area contributed by atoms with E-state index in [-0.39, 0.29) is 11.9 Å². The van der Waals surface area contributed by atoms with Crippen LogP contribution < -0.4 is 5.73 Å². The van der Waals surface area contributed by atoms with Gasteiger partial charge in [-0.25, -0.2) is 14.4 Å². The van der Waals surface area contributed by atoms with Gasteiger partial charge in [0, 0.05) is 36.8 Å². The fourth-order valence-corrected chi connectivity index (χ4v) is 2.31. The third-order valence-corrected chi connectivity index (χ3v) is 3.31. The van der Waals surface area contributed by atoms with Crippen LogP contribution in [-0.4, -0.2) is 27.3 Å². The number of rotatable bonds is 1. The number of halogens is 1. The Labute approximate surface area is 115 Å². The zero-order valence-electron chi connectivity index (χ0n) is 10.7. The Morgan fingerprint density at radius 1 is 1.40 bits per heavy atom. The van der Waals surface area contributed by atoms with Gasteiger partial charge in [-0.05, 0) is 18.2 Å². The summed E-state index contributed by atoms with van der Waals surface area (Å²) in [6, 6.07) is 5.71. The maximum absolute atomic E-state index is 13.2. The first-order valence-corrected chi connectivity index (χ1v) is 6.28. The Bertz CT molecular complexity index is 674. The van der Waals surface area contributed by atoms with Crippen molar-refractivity contribution in [1.82, 2.24) is 14.9 Å². The lowest BCUT2D eigenvalue weighted by Gasteiger charge is -2.28. The SMILES string of the molecule is Nc1ncc2c(n1)CCN(C(=O)c1cccc(F)c1)C2. The molecule has 0 aliphatic carbocycles. The van der Waals surface area contributed by atoms with Gasteiger partial charge in [-0.1, -0.05) is 6.07 Å². The maximum atomic E-state index is 13.2. The quantitative estimate of drug-likeness (QED) is 0.851. The molecule has 0 radical (unpaired) electrons. The topological polar surface area (TPSA) is 72.1 Å². The molecule has 2 N–H and O–H groups in total.